The highest BCUT2D eigenvalue weighted by Gasteiger charge is 2.41. The molecule has 2 heterocycles. The first kappa shape index (κ1) is 17.2. The molecule has 0 spiro atoms. The van der Waals surface area contributed by atoms with Crippen LogP contribution < -0.4 is 0 Å². The Balaban J connectivity index is 1.86. The van der Waals surface area contributed by atoms with Crippen molar-refractivity contribution in [1.29, 1.82) is 0 Å². The summed E-state index contributed by atoms with van der Waals surface area (Å²) in [5.74, 6) is -1.79. The third kappa shape index (κ3) is 3.16. The van der Waals surface area contributed by atoms with Crippen LogP contribution in [0.5, 0.6) is 0 Å². The number of amides is 1. The van der Waals surface area contributed by atoms with E-state index >= 15 is 0 Å². The average Bonchev–Trinajstić information content (AvgIpc) is 3.19. The van der Waals surface area contributed by atoms with Gasteiger partial charge in [-0.3, -0.25) is 14.3 Å². The van der Waals surface area contributed by atoms with Crippen LogP contribution >= 0.6 is 0 Å². The van der Waals surface area contributed by atoms with Crippen LogP contribution in [-0.4, -0.2) is 44.8 Å². The van der Waals surface area contributed by atoms with E-state index in [1.54, 1.807) is 11.1 Å². The SMILES string of the molecule is Cc1c(C(=O)N2CC(C(=O)O)C(c3ccccc3)C2)cnn1C(C)C. The van der Waals surface area contributed by atoms with Gasteiger partial charge >= 0.3 is 5.97 Å². The Morgan fingerprint density at radius 2 is 1.88 bits per heavy atom. The third-order valence-corrected chi connectivity index (χ3v) is 4.92. The first-order chi connectivity index (χ1) is 11.9. The summed E-state index contributed by atoms with van der Waals surface area (Å²) in [5.41, 5.74) is 2.32. The number of carboxylic acid groups (broad SMARTS) is 1. The van der Waals surface area contributed by atoms with Crippen molar-refractivity contribution in [3.8, 4) is 0 Å². The van der Waals surface area contributed by atoms with E-state index in [2.05, 4.69) is 5.10 Å². The molecule has 2 unspecified atom stereocenters. The van der Waals surface area contributed by atoms with Crippen molar-refractivity contribution in [2.75, 3.05) is 13.1 Å². The molecule has 0 bridgehead atoms. The van der Waals surface area contributed by atoms with Gasteiger partial charge < -0.3 is 10.0 Å². The highest BCUT2D eigenvalue weighted by molar-refractivity contribution is 5.95. The molecule has 132 valence electrons. The zero-order valence-electron chi connectivity index (χ0n) is 14.7. The number of carbonyl (C=O) groups excluding carboxylic acids is 1. The Morgan fingerprint density at radius 3 is 2.44 bits per heavy atom. The van der Waals surface area contributed by atoms with Gasteiger partial charge in [0, 0.05) is 30.7 Å². The van der Waals surface area contributed by atoms with Crippen LogP contribution in [0.1, 0.15) is 47.4 Å². The molecule has 1 aliphatic heterocycles. The molecule has 0 radical (unpaired) electrons. The standard InChI is InChI=1S/C19H23N3O3/c1-12(2)22-13(3)15(9-20-22)18(23)21-10-16(17(11-21)19(24)25)14-7-5-4-6-8-14/h4-9,12,16-17H,10-11H2,1-3H3,(H,24,25). The number of aromatic nitrogens is 2. The van der Waals surface area contributed by atoms with Gasteiger partial charge in [-0.25, -0.2) is 0 Å². The molecule has 1 aromatic carbocycles. The second-order valence-electron chi connectivity index (χ2n) is 6.85. The maximum absolute atomic E-state index is 12.9. The minimum Gasteiger partial charge on any atom is -0.481 e. The van der Waals surface area contributed by atoms with E-state index in [4.69, 9.17) is 0 Å². The van der Waals surface area contributed by atoms with Gasteiger partial charge in [0.15, 0.2) is 0 Å². The zero-order chi connectivity index (χ0) is 18.1. The lowest BCUT2D eigenvalue weighted by atomic mass is 9.89. The molecule has 2 aromatic rings. The topological polar surface area (TPSA) is 75.4 Å². The molecule has 1 fully saturated rings. The second-order valence-corrected chi connectivity index (χ2v) is 6.85. The maximum Gasteiger partial charge on any atom is 0.308 e. The molecular weight excluding hydrogens is 318 g/mol. The number of likely N-dealkylation sites (tertiary alicyclic amines) is 1. The van der Waals surface area contributed by atoms with Crippen molar-refractivity contribution in [1.82, 2.24) is 14.7 Å². The van der Waals surface area contributed by atoms with Crippen LogP contribution in [0.3, 0.4) is 0 Å². The predicted molar refractivity (Wildman–Crippen MR) is 93.6 cm³/mol. The van der Waals surface area contributed by atoms with E-state index in [0.717, 1.165) is 11.3 Å². The smallest absolute Gasteiger partial charge is 0.308 e. The van der Waals surface area contributed by atoms with Gasteiger partial charge in [-0.2, -0.15) is 5.10 Å². The number of carboxylic acids is 1. The number of rotatable bonds is 4. The van der Waals surface area contributed by atoms with Crippen LogP contribution in [0.2, 0.25) is 0 Å². The van der Waals surface area contributed by atoms with Crippen LogP contribution in [0.25, 0.3) is 0 Å². The summed E-state index contributed by atoms with van der Waals surface area (Å²) in [6, 6.07) is 9.73. The Kier molecular flexibility index (Phi) is 4.61. The van der Waals surface area contributed by atoms with Crippen molar-refractivity contribution in [2.45, 2.75) is 32.7 Å². The molecule has 1 saturated heterocycles. The molecule has 1 N–H and O–H groups in total. The predicted octanol–water partition coefficient (Wildman–Crippen LogP) is 2.71. The molecule has 0 aliphatic carbocycles. The lowest BCUT2D eigenvalue weighted by Crippen LogP contribution is -2.30. The van der Waals surface area contributed by atoms with E-state index in [1.807, 2.05) is 55.8 Å². The van der Waals surface area contributed by atoms with Gasteiger partial charge in [0.25, 0.3) is 5.91 Å². The highest BCUT2D eigenvalue weighted by Crippen LogP contribution is 2.34. The number of carbonyl (C=O) groups is 2. The van der Waals surface area contributed by atoms with E-state index in [9.17, 15) is 14.7 Å². The highest BCUT2D eigenvalue weighted by atomic mass is 16.4. The van der Waals surface area contributed by atoms with Crippen molar-refractivity contribution in [3.63, 3.8) is 0 Å². The van der Waals surface area contributed by atoms with E-state index < -0.39 is 11.9 Å². The van der Waals surface area contributed by atoms with Crippen molar-refractivity contribution in [2.24, 2.45) is 5.92 Å². The molecule has 1 aliphatic rings. The Morgan fingerprint density at radius 1 is 1.20 bits per heavy atom. The lowest BCUT2D eigenvalue weighted by Gasteiger charge is -2.17. The van der Waals surface area contributed by atoms with Gasteiger partial charge in [-0.1, -0.05) is 30.3 Å². The zero-order valence-corrected chi connectivity index (χ0v) is 14.7. The van der Waals surface area contributed by atoms with Gasteiger partial charge in [0.1, 0.15) is 0 Å². The normalized spacial score (nSPS) is 20.2. The Bertz CT molecular complexity index is 782. The number of hydrogen-bond donors (Lipinski definition) is 1. The monoisotopic (exact) mass is 341 g/mol. The summed E-state index contributed by atoms with van der Waals surface area (Å²) < 4.78 is 1.81. The van der Waals surface area contributed by atoms with E-state index in [0.29, 0.717) is 12.1 Å². The second kappa shape index (κ2) is 6.70. The van der Waals surface area contributed by atoms with Gasteiger partial charge in [-0.05, 0) is 26.3 Å². The maximum atomic E-state index is 12.9. The number of nitrogens with zero attached hydrogens (tertiary/aromatic N) is 3. The van der Waals surface area contributed by atoms with Crippen molar-refractivity contribution in [3.05, 3.63) is 53.3 Å². The molecule has 1 amide bonds. The van der Waals surface area contributed by atoms with E-state index in [1.165, 1.54) is 0 Å². The Labute approximate surface area is 147 Å². The minimum absolute atomic E-state index is 0.144. The fourth-order valence-corrected chi connectivity index (χ4v) is 3.58. The quantitative estimate of drug-likeness (QED) is 0.928. The summed E-state index contributed by atoms with van der Waals surface area (Å²) in [4.78, 5) is 26.3. The van der Waals surface area contributed by atoms with Crippen molar-refractivity contribution >= 4 is 11.9 Å². The lowest BCUT2D eigenvalue weighted by molar-refractivity contribution is -0.141. The largest absolute Gasteiger partial charge is 0.481 e. The molecule has 2 atom stereocenters. The minimum atomic E-state index is -0.862. The Hall–Kier alpha value is -2.63. The van der Waals surface area contributed by atoms with Crippen LogP contribution in [0.4, 0.5) is 0 Å². The number of benzene rings is 1. The molecule has 0 saturated carbocycles. The molecule has 25 heavy (non-hydrogen) atoms. The van der Waals surface area contributed by atoms with Crippen molar-refractivity contribution < 1.29 is 14.7 Å². The van der Waals surface area contributed by atoms with Gasteiger partial charge in [-0.15, -0.1) is 0 Å². The molecule has 6 nitrogen and oxygen atoms in total. The van der Waals surface area contributed by atoms with Gasteiger partial charge in [0.05, 0.1) is 17.7 Å². The first-order valence-electron chi connectivity index (χ1n) is 8.51. The van der Waals surface area contributed by atoms with E-state index in [-0.39, 0.29) is 24.4 Å². The molecule has 6 heteroatoms. The third-order valence-electron chi connectivity index (χ3n) is 4.92. The summed E-state index contributed by atoms with van der Waals surface area (Å²) in [5, 5.41) is 13.9. The van der Waals surface area contributed by atoms with Crippen LogP contribution in [-0.2, 0) is 4.79 Å². The summed E-state index contributed by atoms with van der Waals surface area (Å²) in [7, 11) is 0. The van der Waals surface area contributed by atoms with Crippen LogP contribution in [0.15, 0.2) is 36.5 Å². The van der Waals surface area contributed by atoms with Gasteiger partial charge in [0.2, 0.25) is 0 Å². The van der Waals surface area contributed by atoms with Crippen LogP contribution in [0, 0.1) is 12.8 Å². The average molecular weight is 341 g/mol. The summed E-state index contributed by atoms with van der Waals surface area (Å²) >= 11 is 0. The fourth-order valence-electron chi connectivity index (χ4n) is 3.58. The first-order valence-corrected chi connectivity index (χ1v) is 8.51. The molecule has 3 rings (SSSR count). The summed E-state index contributed by atoms with van der Waals surface area (Å²) in [6.07, 6.45) is 1.59. The molecular formula is C19H23N3O3. The number of aliphatic carboxylic acids is 1. The molecule has 1 aromatic heterocycles. The fraction of sp³-hybridized carbons (Fsp3) is 0.421. The number of hydrogen-bond acceptors (Lipinski definition) is 3. The summed E-state index contributed by atoms with van der Waals surface area (Å²) in [6.45, 7) is 6.53.